The molecule has 0 saturated heterocycles. The lowest BCUT2D eigenvalue weighted by molar-refractivity contribution is -0.118. The quantitative estimate of drug-likeness (QED) is 0.778. The largest absolute Gasteiger partial charge is 0.355 e. The molecule has 0 spiro atoms. The summed E-state index contributed by atoms with van der Waals surface area (Å²) in [6.45, 7) is 2.26. The van der Waals surface area contributed by atoms with Crippen LogP contribution < -0.4 is 10.6 Å². The van der Waals surface area contributed by atoms with Gasteiger partial charge in [-0.3, -0.25) is 9.59 Å². The Labute approximate surface area is 99.0 Å². The molecular weight excluding hydrogens is 228 g/mol. The first-order valence-electron chi connectivity index (χ1n) is 4.88. The Morgan fingerprint density at radius 1 is 1.12 bits per heavy atom. The number of rotatable bonds is 4. The average molecular weight is 241 g/mol. The molecule has 0 aliphatic carbocycles. The van der Waals surface area contributed by atoms with Crippen LogP contribution in [0.1, 0.15) is 17.3 Å². The number of carbonyl (C=O) groups is 2. The van der Waals surface area contributed by atoms with Gasteiger partial charge in [0.1, 0.15) is 0 Å². The summed E-state index contributed by atoms with van der Waals surface area (Å²) in [6.07, 6.45) is 0. The van der Waals surface area contributed by atoms with Gasteiger partial charge in [-0.2, -0.15) is 0 Å². The zero-order valence-electron chi connectivity index (χ0n) is 8.92. The van der Waals surface area contributed by atoms with Crippen molar-refractivity contribution in [2.45, 2.75) is 6.92 Å². The van der Waals surface area contributed by atoms with Gasteiger partial charge in [-0.1, -0.05) is 11.6 Å². The summed E-state index contributed by atoms with van der Waals surface area (Å²) < 4.78 is 0. The van der Waals surface area contributed by atoms with Gasteiger partial charge in [-0.25, -0.2) is 0 Å². The number of carbonyl (C=O) groups excluding carboxylic acids is 2. The highest BCUT2D eigenvalue weighted by molar-refractivity contribution is 6.30. The van der Waals surface area contributed by atoms with E-state index in [1.807, 2.05) is 0 Å². The molecule has 2 N–H and O–H groups in total. The second-order valence-corrected chi connectivity index (χ2v) is 3.68. The zero-order valence-corrected chi connectivity index (χ0v) is 9.67. The van der Waals surface area contributed by atoms with Gasteiger partial charge in [0.05, 0.1) is 0 Å². The van der Waals surface area contributed by atoms with Crippen LogP contribution in [0.5, 0.6) is 0 Å². The van der Waals surface area contributed by atoms with Crippen molar-refractivity contribution in [3.63, 3.8) is 0 Å². The number of halogens is 1. The van der Waals surface area contributed by atoms with E-state index in [1.54, 1.807) is 24.3 Å². The second kappa shape index (κ2) is 6.12. The summed E-state index contributed by atoms with van der Waals surface area (Å²) in [6, 6.07) is 6.61. The number of hydrogen-bond acceptors (Lipinski definition) is 2. The van der Waals surface area contributed by atoms with Gasteiger partial charge in [0, 0.05) is 30.6 Å². The monoisotopic (exact) mass is 240 g/mol. The van der Waals surface area contributed by atoms with Crippen molar-refractivity contribution in [2.24, 2.45) is 0 Å². The molecule has 0 bridgehead atoms. The Balaban J connectivity index is 2.35. The summed E-state index contributed by atoms with van der Waals surface area (Å²) in [4.78, 5) is 22.1. The van der Waals surface area contributed by atoms with Crippen LogP contribution in [0.15, 0.2) is 24.3 Å². The Hall–Kier alpha value is -1.55. The van der Waals surface area contributed by atoms with Crippen LogP contribution in [0, 0.1) is 0 Å². The van der Waals surface area contributed by atoms with Crippen molar-refractivity contribution in [3.8, 4) is 0 Å². The Morgan fingerprint density at radius 2 is 1.69 bits per heavy atom. The molecule has 0 heterocycles. The van der Waals surface area contributed by atoms with E-state index in [0.29, 0.717) is 23.7 Å². The van der Waals surface area contributed by atoms with Crippen molar-refractivity contribution < 1.29 is 9.59 Å². The fraction of sp³-hybridized carbons (Fsp3) is 0.273. The molecular formula is C11H13ClN2O2. The van der Waals surface area contributed by atoms with E-state index >= 15 is 0 Å². The van der Waals surface area contributed by atoms with Gasteiger partial charge in [0.15, 0.2) is 0 Å². The van der Waals surface area contributed by atoms with Crippen molar-refractivity contribution in [3.05, 3.63) is 34.9 Å². The van der Waals surface area contributed by atoms with E-state index in [0.717, 1.165) is 0 Å². The number of hydrogen-bond donors (Lipinski definition) is 2. The van der Waals surface area contributed by atoms with Crippen LogP contribution in [0.2, 0.25) is 5.02 Å². The van der Waals surface area contributed by atoms with E-state index in [1.165, 1.54) is 6.92 Å². The van der Waals surface area contributed by atoms with Crippen LogP contribution in [-0.4, -0.2) is 24.9 Å². The van der Waals surface area contributed by atoms with E-state index < -0.39 is 0 Å². The highest BCUT2D eigenvalue weighted by Crippen LogP contribution is 2.08. The fourth-order valence-corrected chi connectivity index (χ4v) is 1.24. The van der Waals surface area contributed by atoms with Gasteiger partial charge in [-0.15, -0.1) is 0 Å². The predicted molar refractivity (Wildman–Crippen MR) is 62.5 cm³/mol. The molecule has 0 unspecified atom stereocenters. The lowest BCUT2D eigenvalue weighted by Gasteiger charge is -2.05. The highest BCUT2D eigenvalue weighted by atomic mass is 35.5. The third kappa shape index (κ3) is 4.31. The first-order chi connectivity index (χ1) is 7.59. The van der Waals surface area contributed by atoms with E-state index in [9.17, 15) is 9.59 Å². The maximum absolute atomic E-state index is 11.5. The van der Waals surface area contributed by atoms with Gasteiger partial charge >= 0.3 is 0 Å². The predicted octanol–water partition coefficient (Wildman–Crippen LogP) is 1.21. The summed E-state index contributed by atoms with van der Waals surface area (Å²) >= 11 is 5.70. The number of nitrogens with one attached hydrogen (secondary N) is 2. The molecule has 0 radical (unpaired) electrons. The zero-order chi connectivity index (χ0) is 12.0. The summed E-state index contributed by atoms with van der Waals surface area (Å²) in [5, 5.41) is 5.86. The van der Waals surface area contributed by atoms with Gasteiger partial charge in [0.25, 0.3) is 5.91 Å². The minimum Gasteiger partial charge on any atom is -0.355 e. The Bertz CT molecular complexity index is 376. The summed E-state index contributed by atoms with van der Waals surface area (Å²) in [7, 11) is 0. The molecule has 0 saturated carbocycles. The third-order valence-corrected chi connectivity index (χ3v) is 2.14. The van der Waals surface area contributed by atoms with Crippen LogP contribution in [0.4, 0.5) is 0 Å². The number of benzene rings is 1. The molecule has 5 heteroatoms. The molecule has 1 aromatic carbocycles. The molecule has 0 fully saturated rings. The maximum atomic E-state index is 11.5. The van der Waals surface area contributed by atoms with Gasteiger partial charge < -0.3 is 10.6 Å². The Kier molecular flexibility index (Phi) is 4.79. The average Bonchev–Trinajstić information content (AvgIpc) is 2.25. The van der Waals surface area contributed by atoms with E-state index in [2.05, 4.69) is 10.6 Å². The van der Waals surface area contributed by atoms with Gasteiger partial charge in [-0.05, 0) is 24.3 Å². The fourth-order valence-electron chi connectivity index (χ4n) is 1.12. The lowest BCUT2D eigenvalue weighted by Crippen LogP contribution is -2.33. The van der Waals surface area contributed by atoms with Crippen LogP contribution in [-0.2, 0) is 4.79 Å². The van der Waals surface area contributed by atoms with Crippen molar-refractivity contribution in [2.75, 3.05) is 13.1 Å². The lowest BCUT2D eigenvalue weighted by atomic mass is 10.2. The summed E-state index contributed by atoms with van der Waals surface area (Å²) in [5.41, 5.74) is 0.548. The molecule has 0 aromatic heterocycles. The van der Waals surface area contributed by atoms with E-state index in [-0.39, 0.29) is 11.8 Å². The minimum absolute atomic E-state index is 0.110. The minimum atomic E-state index is -0.179. The normalized spacial score (nSPS) is 9.62. The maximum Gasteiger partial charge on any atom is 0.251 e. The molecule has 16 heavy (non-hydrogen) atoms. The summed E-state index contributed by atoms with van der Waals surface area (Å²) in [5.74, 6) is -0.289. The molecule has 1 rings (SSSR count). The highest BCUT2D eigenvalue weighted by Gasteiger charge is 2.03. The van der Waals surface area contributed by atoms with Crippen molar-refractivity contribution in [1.29, 1.82) is 0 Å². The molecule has 4 nitrogen and oxygen atoms in total. The van der Waals surface area contributed by atoms with E-state index in [4.69, 9.17) is 11.6 Å². The molecule has 0 atom stereocenters. The standard InChI is InChI=1S/C11H13ClN2O2/c1-8(15)13-6-7-14-11(16)9-2-4-10(12)5-3-9/h2-5H,6-7H2,1H3,(H,13,15)(H,14,16). The molecule has 0 aliphatic heterocycles. The topological polar surface area (TPSA) is 58.2 Å². The van der Waals surface area contributed by atoms with Crippen LogP contribution in [0.25, 0.3) is 0 Å². The first-order valence-corrected chi connectivity index (χ1v) is 5.25. The molecule has 0 aliphatic rings. The smallest absolute Gasteiger partial charge is 0.251 e. The number of amides is 2. The Morgan fingerprint density at radius 3 is 2.25 bits per heavy atom. The molecule has 1 aromatic rings. The second-order valence-electron chi connectivity index (χ2n) is 3.25. The van der Waals surface area contributed by atoms with Crippen molar-refractivity contribution in [1.82, 2.24) is 10.6 Å². The molecule has 86 valence electrons. The van der Waals surface area contributed by atoms with Crippen molar-refractivity contribution >= 4 is 23.4 Å². The molecule has 2 amide bonds. The van der Waals surface area contributed by atoms with Gasteiger partial charge in [0.2, 0.25) is 5.91 Å². The first kappa shape index (κ1) is 12.5. The SMILES string of the molecule is CC(=O)NCCNC(=O)c1ccc(Cl)cc1. The van der Waals surface area contributed by atoms with Crippen LogP contribution >= 0.6 is 11.6 Å². The van der Waals surface area contributed by atoms with Crippen LogP contribution in [0.3, 0.4) is 0 Å². The third-order valence-electron chi connectivity index (χ3n) is 1.89.